The van der Waals surface area contributed by atoms with E-state index in [0.717, 1.165) is 24.3 Å². The van der Waals surface area contributed by atoms with Crippen molar-refractivity contribution in [2.75, 3.05) is 6.54 Å². The van der Waals surface area contributed by atoms with Crippen LogP contribution in [-0.2, 0) is 11.3 Å². The van der Waals surface area contributed by atoms with Crippen molar-refractivity contribution in [2.45, 2.75) is 33.2 Å². The van der Waals surface area contributed by atoms with Gasteiger partial charge in [0.15, 0.2) is 0 Å². The number of carbonyl (C=O) groups excluding carboxylic acids is 1. The molecule has 0 fully saturated rings. The van der Waals surface area contributed by atoms with Crippen LogP contribution in [0.5, 0.6) is 0 Å². The van der Waals surface area contributed by atoms with Crippen LogP contribution in [0.3, 0.4) is 0 Å². The molecular weight excluding hydrogens is 206 g/mol. The van der Waals surface area contributed by atoms with Crippen LogP contribution in [0.4, 0.5) is 0 Å². The topological polar surface area (TPSA) is 81.2 Å². The van der Waals surface area contributed by atoms with Crippen LogP contribution in [0.1, 0.15) is 31.2 Å². The zero-order valence-electron chi connectivity index (χ0n) is 9.82. The first-order valence-corrected chi connectivity index (χ1v) is 5.57. The Labute approximate surface area is 95.4 Å². The molecule has 0 aromatic carbocycles. The Morgan fingerprint density at radius 1 is 1.69 bits per heavy atom. The van der Waals surface area contributed by atoms with Crippen molar-refractivity contribution < 1.29 is 9.32 Å². The number of aryl methyl sites for hydroxylation is 1. The Morgan fingerprint density at radius 3 is 2.94 bits per heavy atom. The predicted octanol–water partition coefficient (Wildman–Crippen LogP) is 0.974. The number of nitrogens with zero attached hydrogens (tertiary/aromatic N) is 1. The van der Waals surface area contributed by atoms with Gasteiger partial charge >= 0.3 is 0 Å². The van der Waals surface area contributed by atoms with Gasteiger partial charge < -0.3 is 15.6 Å². The molecule has 1 aromatic heterocycles. The number of aromatic nitrogens is 1. The lowest BCUT2D eigenvalue weighted by atomic mass is 10.0. The van der Waals surface area contributed by atoms with Crippen LogP contribution in [-0.4, -0.2) is 17.6 Å². The Balaban J connectivity index is 2.39. The van der Waals surface area contributed by atoms with Gasteiger partial charge in [0.1, 0.15) is 11.5 Å². The van der Waals surface area contributed by atoms with Crippen molar-refractivity contribution in [1.29, 1.82) is 0 Å². The van der Waals surface area contributed by atoms with Crippen molar-refractivity contribution in [3.8, 4) is 0 Å². The maximum atomic E-state index is 11.7. The monoisotopic (exact) mass is 225 g/mol. The Morgan fingerprint density at radius 2 is 2.44 bits per heavy atom. The summed E-state index contributed by atoms with van der Waals surface area (Å²) in [6.07, 6.45) is 1.78. The Hall–Kier alpha value is -1.36. The molecule has 0 aliphatic carbocycles. The number of nitrogens with one attached hydrogen (secondary N) is 1. The molecule has 90 valence electrons. The van der Waals surface area contributed by atoms with E-state index in [0.29, 0.717) is 13.1 Å². The van der Waals surface area contributed by atoms with Gasteiger partial charge in [-0.2, -0.15) is 0 Å². The number of hydrogen-bond acceptors (Lipinski definition) is 4. The number of rotatable bonds is 6. The van der Waals surface area contributed by atoms with E-state index in [-0.39, 0.29) is 11.8 Å². The summed E-state index contributed by atoms with van der Waals surface area (Å²) in [7, 11) is 0. The van der Waals surface area contributed by atoms with Gasteiger partial charge in [-0.05, 0) is 13.3 Å². The highest BCUT2D eigenvalue weighted by Crippen LogP contribution is 2.05. The summed E-state index contributed by atoms with van der Waals surface area (Å²) in [5.74, 6) is 0.635. The van der Waals surface area contributed by atoms with Crippen molar-refractivity contribution in [2.24, 2.45) is 11.7 Å². The fraction of sp³-hybridized carbons (Fsp3) is 0.636. The third-order valence-electron chi connectivity index (χ3n) is 2.41. The molecule has 1 heterocycles. The lowest BCUT2D eigenvalue weighted by Gasteiger charge is -2.12. The van der Waals surface area contributed by atoms with E-state index in [9.17, 15) is 4.79 Å². The van der Waals surface area contributed by atoms with Gasteiger partial charge in [0.05, 0.1) is 12.5 Å². The van der Waals surface area contributed by atoms with Crippen molar-refractivity contribution in [3.05, 3.63) is 17.5 Å². The van der Waals surface area contributed by atoms with E-state index in [1.165, 1.54) is 0 Å². The van der Waals surface area contributed by atoms with Gasteiger partial charge in [-0.3, -0.25) is 4.79 Å². The minimum atomic E-state index is -0.0991. The molecule has 1 aromatic rings. The second kappa shape index (κ2) is 6.27. The van der Waals surface area contributed by atoms with Gasteiger partial charge in [0, 0.05) is 12.6 Å². The number of nitrogens with two attached hydrogens (primary N) is 1. The van der Waals surface area contributed by atoms with Crippen LogP contribution in [0.25, 0.3) is 0 Å². The van der Waals surface area contributed by atoms with Gasteiger partial charge in [-0.1, -0.05) is 18.5 Å². The summed E-state index contributed by atoms with van der Waals surface area (Å²) in [4.78, 5) is 11.7. The molecule has 0 radical (unpaired) electrons. The molecule has 0 bridgehead atoms. The van der Waals surface area contributed by atoms with Gasteiger partial charge in [0.25, 0.3) is 0 Å². The third-order valence-corrected chi connectivity index (χ3v) is 2.41. The van der Waals surface area contributed by atoms with Crippen LogP contribution in [0.15, 0.2) is 10.6 Å². The number of carbonyl (C=O) groups is 1. The molecule has 1 amide bonds. The van der Waals surface area contributed by atoms with Crippen molar-refractivity contribution >= 4 is 5.91 Å². The molecule has 0 saturated heterocycles. The largest absolute Gasteiger partial charge is 0.361 e. The third kappa shape index (κ3) is 3.66. The molecule has 0 aliphatic rings. The first-order chi connectivity index (χ1) is 7.67. The summed E-state index contributed by atoms with van der Waals surface area (Å²) in [5, 5.41) is 6.60. The maximum Gasteiger partial charge on any atom is 0.224 e. The lowest BCUT2D eigenvalue weighted by Crippen LogP contribution is -2.34. The van der Waals surface area contributed by atoms with E-state index in [2.05, 4.69) is 10.5 Å². The minimum Gasteiger partial charge on any atom is -0.361 e. The van der Waals surface area contributed by atoms with E-state index in [4.69, 9.17) is 10.3 Å². The summed E-state index contributed by atoms with van der Waals surface area (Å²) >= 11 is 0. The molecule has 0 aliphatic heterocycles. The first kappa shape index (κ1) is 12.7. The highest BCUT2D eigenvalue weighted by Gasteiger charge is 2.15. The fourth-order valence-corrected chi connectivity index (χ4v) is 1.53. The number of amides is 1. The highest BCUT2D eigenvalue weighted by molar-refractivity contribution is 5.78. The molecule has 0 spiro atoms. The van der Waals surface area contributed by atoms with E-state index >= 15 is 0 Å². The van der Waals surface area contributed by atoms with Crippen molar-refractivity contribution in [1.82, 2.24) is 10.5 Å². The van der Waals surface area contributed by atoms with Crippen LogP contribution >= 0.6 is 0 Å². The van der Waals surface area contributed by atoms with E-state index in [1.54, 1.807) is 6.07 Å². The molecule has 0 saturated carbocycles. The summed E-state index contributed by atoms with van der Waals surface area (Å²) in [6.45, 7) is 4.64. The van der Waals surface area contributed by atoms with Crippen LogP contribution in [0.2, 0.25) is 0 Å². The quantitative estimate of drug-likeness (QED) is 0.756. The second-order valence-electron chi connectivity index (χ2n) is 3.87. The van der Waals surface area contributed by atoms with Crippen molar-refractivity contribution in [3.63, 3.8) is 0 Å². The SMILES string of the molecule is CCCC(CN)C(=O)NCc1cc(C)on1. The standard InChI is InChI=1S/C11H19N3O2/c1-3-4-9(6-12)11(15)13-7-10-5-8(2)16-14-10/h5,9H,3-4,6-7,12H2,1-2H3,(H,13,15). The Kier molecular flexibility index (Phi) is 4.98. The first-order valence-electron chi connectivity index (χ1n) is 5.57. The van der Waals surface area contributed by atoms with Gasteiger partial charge in [-0.15, -0.1) is 0 Å². The molecule has 16 heavy (non-hydrogen) atoms. The molecule has 1 atom stereocenters. The summed E-state index contributed by atoms with van der Waals surface area (Å²) < 4.78 is 4.91. The average molecular weight is 225 g/mol. The van der Waals surface area contributed by atoms with Crippen LogP contribution in [0, 0.1) is 12.8 Å². The maximum absolute atomic E-state index is 11.7. The smallest absolute Gasteiger partial charge is 0.224 e. The van der Waals surface area contributed by atoms with E-state index < -0.39 is 0 Å². The molecule has 1 unspecified atom stereocenters. The van der Waals surface area contributed by atoms with Gasteiger partial charge in [-0.25, -0.2) is 0 Å². The molecular formula is C11H19N3O2. The number of hydrogen-bond donors (Lipinski definition) is 2. The normalized spacial score (nSPS) is 12.4. The van der Waals surface area contributed by atoms with Gasteiger partial charge in [0.2, 0.25) is 5.91 Å². The zero-order chi connectivity index (χ0) is 12.0. The summed E-state index contributed by atoms with van der Waals surface area (Å²) in [6, 6.07) is 1.80. The highest BCUT2D eigenvalue weighted by atomic mass is 16.5. The molecule has 3 N–H and O–H groups in total. The minimum absolute atomic E-state index is 0.00926. The zero-order valence-corrected chi connectivity index (χ0v) is 9.82. The van der Waals surface area contributed by atoms with E-state index in [1.807, 2.05) is 13.8 Å². The fourth-order valence-electron chi connectivity index (χ4n) is 1.53. The summed E-state index contributed by atoms with van der Waals surface area (Å²) in [5.41, 5.74) is 6.27. The lowest BCUT2D eigenvalue weighted by molar-refractivity contribution is -0.125. The second-order valence-corrected chi connectivity index (χ2v) is 3.87. The molecule has 1 rings (SSSR count). The Bertz CT molecular complexity index is 336. The van der Waals surface area contributed by atoms with Crippen LogP contribution < -0.4 is 11.1 Å². The molecule has 5 heteroatoms. The molecule has 5 nitrogen and oxygen atoms in total. The average Bonchev–Trinajstić information content (AvgIpc) is 2.68. The predicted molar refractivity (Wildman–Crippen MR) is 60.5 cm³/mol.